The van der Waals surface area contributed by atoms with Crippen molar-refractivity contribution in [1.29, 1.82) is 0 Å². The van der Waals surface area contributed by atoms with Crippen LogP contribution < -0.4 is 5.32 Å². The molecule has 0 aromatic rings. The van der Waals surface area contributed by atoms with Crippen LogP contribution in [-0.4, -0.2) is 30.5 Å². The van der Waals surface area contributed by atoms with E-state index in [0.29, 0.717) is 11.9 Å². The SMILES string of the molecule is O=C(CBr)NC1CCCOC1. The van der Waals surface area contributed by atoms with Crippen molar-refractivity contribution in [3.8, 4) is 0 Å². The number of halogens is 1. The molecule has 1 aliphatic heterocycles. The van der Waals surface area contributed by atoms with Gasteiger partial charge in [0.1, 0.15) is 0 Å². The van der Waals surface area contributed by atoms with E-state index in [-0.39, 0.29) is 11.9 Å². The van der Waals surface area contributed by atoms with Gasteiger partial charge in [-0.25, -0.2) is 0 Å². The van der Waals surface area contributed by atoms with Crippen LogP contribution in [-0.2, 0) is 9.53 Å². The Labute approximate surface area is 74.6 Å². The molecule has 4 heteroatoms. The lowest BCUT2D eigenvalue weighted by Crippen LogP contribution is -2.41. The molecule has 1 N–H and O–H groups in total. The van der Waals surface area contributed by atoms with Gasteiger partial charge in [-0.1, -0.05) is 15.9 Å². The summed E-state index contributed by atoms with van der Waals surface area (Å²) in [5, 5.41) is 3.24. The third kappa shape index (κ3) is 3.20. The van der Waals surface area contributed by atoms with E-state index in [0.717, 1.165) is 19.4 Å². The quantitative estimate of drug-likeness (QED) is 0.697. The highest BCUT2D eigenvalue weighted by Gasteiger charge is 2.14. The molecule has 1 rings (SSSR count). The van der Waals surface area contributed by atoms with Crippen LogP contribution in [0.3, 0.4) is 0 Å². The summed E-state index contributed by atoms with van der Waals surface area (Å²) in [4.78, 5) is 10.9. The van der Waals surface area contributed by atoms with E-state index < -0.39 is 0 Å². The fraction of sp³-hybridized carbons (Fsp3) is 0.857. The van der Waals surface area contributed by atoms with Crippen molar-refractivity contribution in [3.05, 3.63) is 0 Å². The predicted molar refractivity (Wildman–Crippen MR) is 45.8 cm³/mol. The van der Waals surface area contributed by atoms with Crippen LogP contribution >= 0.6 is 15.9 Å². The fourth-order valence-electron chi connectivity index (χ4n) is 1.12. The maximum Gasteiger partial charge on any atom is 0.230 e. The number of carbonyl (C=O) groups excluding carboxylic acids is 1. The topological polar surface area (TPSA) is 38.3 Å². The van der Waals surface area contributed by atoms with Gasteiger partial charge in [-0.15, -0.1) is 0 Å². The third-order valence-corrected chi connectivity index (χ3v) is 2.16. The normalized spacial score (nSPS) is 24.6. The van der Waals surface area contributed by atoms with E-state index in [2.05, 4.69) is 21.2 Å². The van der Waals surface area contributed by atoms with Crippen molar-refractivity contribution < 1.29 is 9.53 Å². The number of amides is 1. The zero-order valence-corrected chi connectivity index (χ0v) is 7.89. The molecule has 0 radical (unpaired) electrons. The van der Waals surface area contributed by atoms with Crippen LogP contribution in [0.2, 0.25) is 0 Å². The van der Waals surface area contributed by atoms with Gasteiger partial charge in [-0.05, 0) is 12.8 Å². The predicted octanol–water partition coefficient (Wildman–Crippen LogP) is 0.676. The number of rotatable bonds is 2. The molecule has 1 unspecified atom stereocenters. The molecule has 0 saturated carbocycles. The lowest BCUT2D eigenvalue weighted by Gasteiger charge is -2.22. The minimum absolute atomic E-state index is 0.0421. The van der Waals surface area contributed by atoms with Crippen LogP contribution in [0.5, 0.6) is 0 Å². The van der Waals surface area contributed by atoms with Crippen LogP contribution in [0.15, 0.2) is 0 Å². The van der Waals surface area contributed by atoms with Gasteiger partial charge in [0.05, 0.1) is 18.0 Å². The summed E-state index contributed by atoms with van der Waals surface area (Å²) in [6.45, 7) is 1.50. The van der Waals surface area contributed by atoms with E-state index in [4.69, 9.17) is 4.74 Å². The lowest BCUT2D eigenvalue weighted by molar-refractivity contribution is -0.120. The standard InChI is InChI=1S/C7H12BrNO2/c8-4-7(10)9-6-2-1-3-11-5-6/h6H,1-5H2,(H,9,10). The lowest BCUT2D eigenvalue weighted by atomic mass is 10.1. The van der Waals surface area contributed by atoms with Gasteiger partial charge >= 0.3 is 0 Å². The van der Waals surface area contributed by atoms with Gasteiger partial charge in [0, 0.05) is 6.61 Å². The third-order valence-electron chi connectivity index (χ3n) is 1.65. The first-order valence-electron chi connectivity index (χ1n) is 3.76. The summed E-state index contributed by atoms with van der Waals surface area (Å²) in [5.41, 5.74) is 0. The first kappa shape index (κ1) is 9.00. The zero-order chi connectivity index (χ0) is 8.10. The molecule has 0 aliphatic carbocycles. The van der Waals surface area contributed by atoms with E-state index in [1.165, 1.54) is 0 Å². The highest BCUT2D eigenvalue weighted by Crippen LogP contribution is 2.05. The molecule has 0 aromatic carbocycles. The molecule has 1 atom stereocenters. The van der Waals surface area contributed by atoms with Crippen LogP contribution in [0.25, 0.3) is 0 Å². The number of nitrogens with one attached hydrogen (secondary N) is 1. The Kier molecular flexibility index (Phi) is 3.86. The van der Waals surface area contributed by atoms with E-state index in [1.807, 2.05) is 0 Å². The van der Waals surface area contributed by atoms with E-state index in [1.54, 1.807) is 0 Å². The highest BCUT2D eigenvalue weighted by atomic mass is 79.9. The van der Waals surface area contributed by atoms with Crippen molar-refractivity contribution in [2.45, 2.75) is 18.9 Å². The fourth-order valence-corrected chi connectivity index (χ4v) is 1.28. The second-order valence-corrected chi connectivity index (χ2v) is 3.18. The second kappa shape index (κ2) is 4.72. The molecule has 11 heavy (non-hydrogen) atoms. The van der Waals surface area contributed by atoms with Gasteiger partial charge in [-0.3, -0.25) is 4.79 Å². The molecule has 0 aromatic heterocycles. The van der Waals surface area contributed by atoms with E-state index in [9.17, 15) is 4.79 Å². The Balaban J connectivity index is 2.19. The molecule has 1 aliphatic rings. The molecule has 1 amide bonds. The Hall–Kier alpha value is -0.0900. The highest BCUT2D eigenvalue weighted by molar-refractivity contribution is 9.09. The largest absolute Gasteiger partial charge is 0.379 e. The Bertz CT molecular complexity index is 134. The van der Waals surface area contributed by atoms with Crippen molar-refractivity contribution in [2.75, 3.05) is 18.5 Å². The molecule has 3 nitrogen and oxygen atoms in total. The molecule has 1 heterocycles. The number of alkyl halides is 1. The smallest absolute Gasteiger partial charge is 0.230 e. The first-order chi connectivity index (χ1) is 5.33. The molecular formula is C7H12BrNO2. The monoisotopic (exact) mass is 221 g/mol. The van der Waals surface area contributed by atoms with Gasteiger partial charge in [0.25, 0.3) is 0 Å². The van der Waals surface area contributed by atoms with Crippen LogP contribution in [0.4, 0.5) is 0 Å². The van der Waals surface area contributed by atoms with Gasteiger partial charge < -0.3 is 10.1 Å². The van der Waals surface area contributed by atoms with Crippen molar-refractivity contribution in [3.63, 3.8) is 0 Å². The summed E-state index contributed by atoms with van der Waals surface area (Å²) >= 11 is 3.09. The summed E-state index contributed by atoms with van der Waals surface area (Å²) < 4.78 is 5.20. The summed E-state index contributed by atoms with van der Waals surface area (Å²) in [5.74, 6) is 0.0421. The van der Waals surface area contributed by atoms with Crippen molar-refractivity contribution in [1.82, 2.24) is 5.32 Å². The van der Waals surface area contributed by atoms with Gasteiger partial charge in [-0.2, -0.15) is 0 Å². The van der Waals surface area contributed by atoms with Crippen LogP contribution in [0.1, 0.15) is 12.8 Å². The minimum Gasteiger partial charge on any atom is -0.379 e. The Morgan fingerprint density at radius 1 is 1.73 bits per heavy atom. The van der Waals surface area contributed by atoms with E-state index >= 15 is 0 Å². The van der Waals surface area contributed by atoms with Crippen LogP contribution in [0, 0.1) is 0 Å². The Morgan fingerprint density at radius 3 is 3.09 bits per heavy atom. The molecular weight excluding hydrogens is 210 g/mol. The summed E-state index contributed by atoms with van der Waals surface area (Å²) in [6.07, 6.45) is 2.09. The summed E-state index contributed by atoms with van der Waals surface area (Å²) in [7, 11) is 0. The molecule has 0 spiro atoms. The molecule has 64 valence electrons. The van der Waals surface area contributed by atoms with Gasteiger partial charge in [0.2, 0.25) is 5.91 Å². The molecule has 0 bridgehead atoms. The number of carbonyl (C=O) groups is 1. The average Bonchev–Trinajstić information content (AvgIpc) is 2.06. The zero-order valence-electron chi connectivity index (χ0n) is 6.31. The second-order valence-electron chi connectivity index (χ2n) is 2.62. The number of hydrogen-bond donors (Lipinski definition) is 1. The minimum atomic E-state index is 0.0421. The average molecular weight is 222 g/mol. The number of ether oxygens (including phenoxy) is 1. The Morgan fingerprint density at radius 2 is 2.55 bits per heavy atom. The number of hydrogen-bond acceptors (Lipinski definition) is 2. The van der Waals surface area contributed by atoms with Crippen molar-refractivity contribution in [2.24, 2.45) is 0 Å². The molecule has 1 saturated heterocycles. The maximum absolute atomic E-state index is 10.9. The summed E-state index contributed by atoms with van der Waals surface area (Å²) in [6, 6.07) is 0.230. The molecule has 1 fully saturated rings. The maximum atomic E-state index is 10.9. The first-order valence-corrected chi connectivity index (χ1v) is 4.88. The van der Waals surface area contributed by atoms with Gasteiger partial charge in [0.15, 0.2) is 0 Å². The van der Waals surface area contributed by atoms with Crippen molar-refractivity contribution >= 4 is 21.8 Å².